The molecule has 5 nitrogen and oxygen atoms in total. The van der Waals surface area contributed by atoms with Gasteiger partial charge in [0.25, 0.3) is 0 Å². The van der Waals surface area contributed by atoms with Crippen LogP contribution in [0.4, 0.5) is 13.6 Å². The van der Waals surface area contributed by atoms with Crippen LogP contribution in [-0.2, 0) is 0 Å². The predicted molar refractivity (Wildman–Crippen MR) is 121 cm³/mol. The first-order chi connectivity index (χ1) is 14.8. The van der Waals surface area contributed by atoms with Gasteiger partial charge >= 0.3 is 6.03 Å². The summed E-state index contributed by atoms with van der Waals surface area (Å²) in [7, 11) is 3.44. The Morgan fingerprint density at radius 1 is 1.26 bits per heavy atom. The van der Waals surface area contributed by atoms with Gasteiger partial charge in [0, 0.05) is 38.0 Å². The third-order valence-corrected chi connectivity index (χ3v) is 7.75. The molecule has 1 aliphatic carbocycles. The molecule has 0 unspecified atom stereocenters. The molecule has 8 heteroatoms. The molecular formula is C23H32F2N4OS. The largest absolute Gasteiger partial charge is 0.335 e. The number of rotatable bonds is 5. The van der Waals surface area contributed by atoms with Gasteiger partial charge in [-0.25, -0.2) is 13.6 Å². The molecule has 2 fully saturated rings. The van der Waals surface area contributed by atoms with E-state index in [1.165, 1.54) is 22.5 Å². The zero-order valence-electron chi connectivity index (χ0n) is 18.4. The molecule has 1 aliphatic heterocycles. The van der Waals surface area contributed by atoms with Crippen LogP contribution in [0.25, 0.3) is 10.1 Å². The average Bonchev–Trinajstić information content (AvgIpc) is 3.17. The minimum atomic E-state index is -1.12. The highest BCUT2D eigenvalue weighted by Gasteiger charge is 2.36. The van der Waals surface area contributed by atoms with Gasteiger partial charge in [-0.1, -0.05) is 0 Å². The number of benzene rings is 1. The molecule has 1 aromatic carbocycles. The summed E-state index contributed by atoms with van der Waals surface area (Å²) in [5.41, 5.74) is -0.0227. The number of urea groups is 1. The number of amides is 2. The van der Waals surface area contributed by atoms with E-state index < -0.39 is 5.67 Å². The first-order valence-electron chi connectivity index (χ1n) is 11.3. The van der Waals surface area contributed by atoms with Crippen molar-refractivity contribution < 1.29 is 13.6 Å². The van der Waals surface area contributed by atoms with Crippen molar-refractivity contribution >= 4 is 27.6 Å². The number of nitrogens with one attached hydrogen (secondary N) is 1. The van der Waals surface area contributed by atoms with E-state index in [9.17, 15) is 9.18 Å². The number of carbonyl (C=O) groups is 1. The molecule has 170 valence electrons. The maximum absolute atomic E-state index is 15.3. The van der Waals surface area contributed by atoms with Crippen LogP contribution < -0.4 is 5.32 Å². The predicted octanol–water partition coefficient (Wildman–Crippen LogP) is 4.93. The third-order valence-electron chi connectivity index (χ3n) is 6.93. The van der Waals surface area contributed by atoms with Crippen LogP contribution in [-0.4, -0.2) is 65.6 Å². The lowest BCUT2D eigenvalue weighted by molar-refractivity contribution is 0.0648. The molecule has 1 saturated heterocycles. The summed E-state index contributed by atoms with van der Waals surface area (Å²) in [5, 5.41) is 4.05. The fourth-order valence-electron chi connectivity index (χ4n) is 4.85. The Hall–Kier alpha value is -1.80. The van der Waals surface area contributed by atoms with Crippen molar-refractivity contribution in [1.82, 2.24) is 19.5 Å². The minimum absolute atomic E-state index is 0.0796. The number of hydrogen-bond acceptors (Lipinski definition) is 4. The van der Waals surface area contributed by atoms with E-state index in [0.29, 0.717) is 38.0 Å². The second-order valence-electron chi connectivity index (χ2n) is 9.34. The van der Waals surface area contributed by atoms with Crippen LogP contribution in [0.5, 0.6) is 0 Å². The number of fused-ring (bicyclic) bond motifs is 1. The lowest BCUT2D eigenvalue weighted by atomic mass is 9.81. The smallest absolute Gasteiger partial charge is 0.317 e. The Bertz CT molecular complexity index is 902. The average molecular weight is 451 g/mol. The number of piperidine rings is 1. The Morgan fingerprint density at radius 3 is 2.65 bits per heavy atom. The molecule has 0 bridgehead atoms. The highest BCUT2D eigenvalue weighted by molar-refractivity contribution is 7.13. The van der Waals surface area contributed by atoms with Gasteiger partial charge in [0.15, 0.2) is 0 Å². The number of likely N-dealkylation sites (tertiary alicyclic amines) is 1. The Labute approximate surface area is 187 Å². The van der Waals surface area contributed by atoms with Crippen LogP contribution in [0, 0.1) is 5.82 Å². The van der Waals surface area contributed by atoms with E-state index in [0.717, 1.165) is 48.3 Å². The van der Waals surface area contributed by atoms with E-state index in [4.69, 9.17) is 0 Å². The van der Waals surface area contributed by atoms with Gasteiger partial charge < -0.3 is 15.1 Å². The van der Waals surface area contributed by atoms with Crippen molar-refractivity contribution in [2.45, 2.75) is 62.6 Å². The summed E-state index contributed by atoms with van der Waals surface area (Å²) in [6.45, 7) is 2.67. The summed E-state index contributed by atoms with van der Waals surface area (Å²) in [6.07, 6.45) is 5.02. The molecular weight excluding hydrogens is 418 g/mol. The molecule has 0 radical (unpaired) electrons. The van der Waals surface area contributed by atoms with E-state index in [-0.39, 0.29) is 17.9 Å². The van der Waals surface area contributed by atoms with Crippen LogP contribution in [0.1, 0.15) is 56.6 Å². The van der Waals surface area contributed by atoms with Crippen LogP contribution in [0.15, 0.2) is 18.2 Å². The van der Waals surface area contributed by atoms with Crippen molar-refractivity contribution in [3.8, 4) is 0 Å². The van der Waals surface area contributed by atoms with Gasteiger partial charge in [0.2, 0.25) is 0 Å². The second kappa shape index (κ2) is 9.36. The zero-order chi connectivity index (χ0) is 22.0. The Balaban J connectivity index is 1.23. The number of alkyl halides is 1. The van der Waals surface area contributed by atoms with Gasteiger partial charge in [0.05, 0.1) is 10.4 Å². The molecule has 1 saturated carbocycles. The highest BCUT2D eigenvalue weighted by Crippen LogP contribution is 2.37. The SMILES string of the molecule is CN(C)C(=O)NC1CCC(F)(CCN2CCC(c3nsc4cc(F)ccc34)CC2)CC1. The van der Waals surface area contributed by atoms with Crippen LogP contribution >= 0.6 is 11.5 Å². The number of halogens is 2. The molecule has 4 rings (SSSR count). The first-order valence-corrected chi connectivity index (χ1v) is 12.0. The maximum Gasteiger partial charge on any atom is 0.317 e. The molecule has 1 aromatic heterocycles. The summed E-state index contributed by atoms with van der Waals surface area (Å²) < 4.78 is 34.3. The fourth-order valence-corrected chi connectivity index (χ4v) is 5.73. The molecule has 2 amide bonds. The molecule has 31 heavy (non-hydrogen) atoms. The maximum atomic E-state index is 15.3. The molecule has 0 atom stereocenters. The molecule has 2 aliphatic rings. The van der Waals surface area contributed by atoms with E-state index >= 15 is 4.39 Å². The van der Waals surface area contributed by atoms with Gasteiger partial charge in [-0.3, -0.25) is 0 Å². The second-order valence-corrected chi connectivity index (χ2v) is 10.1. The van der Waals surface area contributed by atoms with Crippen molar-refractivity contribution in [1.29, 1.82) is 0 Å². The lowest BCUT2D eigenvalue weighted by Crippen LogP contribution is -2.46. The monoisotopic (exact) mass is 450 g/mol. The summed E-state index contributed by atoms with van der Waals surface area (Å²) in [4.78, 5) is 15.7. The Kier molecular flexibility index (Phi) is 6.77. The van der Waals surface area contributed by atoms with E-state index in [1.54, 1.807) is 20.2 Å². The number of carbonyl (C=O) groups excluding carboxylic acids is 1. The number of nitrogens with zero attached hydrogens (tertiary/aromatic N) is 3. The lowest BCUT2D eigenvalue weighted by Gasteiger charge is -2.37. The molecule has 2 heterocycles. The number of hydrogen-bond donors (Lipinski definition) is 1. The topological polar surface area (TPSA) is 48.5 Å². The van der Waals surface area contributed by atoms with Gasteiger partial charge in [0.1, 0.15) is 11.5 Å². The van der Waals surface area contributed by atoms with Gasteiger partial charge in [-0.15, -0.1) is 0 Å². The number of aromatic nitrogens is 1. The Morgan fingerprint density at radius 2 is 1.97 bits per heavy atom. The normalized spacial score (nSPS) is 25.6. The highest BCUT2D eigenvalue weighted by atomic mass is 32.1. The first kappa shape index (κ1) is 22.4. The van der Waals surface area contributed by atoms with Crippen molar-refractivity contribution in [2.75, 3.05) is 33.7 Å². The summed E-state index contributed by atoms with van der Waals surface area (Å²) in [6, 6.07) is 4.90. The molecule has 1 N–H and O–H groups in total. The van der Waals surface area contributed by atoms with E-state index in [2.05, 4.69) is 14.6 Å². The van der Waals surface area contributed by atoms with Crippen molar-refractivity contribution in [2.24, 2.45) is 0 Å². The van der Waals surface area contributed by atoms with Crippen LogP contribution in [0.2, 0.25) is 0 Å². The molecule has 0 spiro atoms. The standard InChI is InChI=1S/C23H32F2N4OS/c1-28(2)22(30)26-18-5-9-23(25,10-6-18)11-14-29-12-7-16(8-13-29)21-19-4-3-17(24)15-20(19)31-27-21/h3-4,15-16,18H,5-14H2,1-2H3,(H,26,30). The zero-order valence-corrected chi connectivity index (χ0v) is 19.2. The van der Waals surface area contributed by atoms with Gasteiger partial charge in [-0.05, 0) is 87.8 Å². The quantitative estimate of drug-likeness (QED) is 0.703. The van der Waals surface area contributed by atoms with E-state index in [1.807, 2.05) is 6.07 Å². The minimum Gasteiger partial charge on any atom is -0.335 e. The van der Waals surface area contributed by atoms with Crippen molar-refractivity contribution in [3.05, 3.63) is 29.7 Å². The third kappa shape index (κ3) is 5.34. The van der Waals surface area contributed by atoms with Gasteiger partial charge in [-0.2, -0.15) is 4.37 Å². The summed E-state index contributed by atoms with van der Waals surface area (Å²) >= 11 is 1.37. The fraction of sp³-hybridized carbons (Fsp3) is 0.652. The summed E-state index contributed by atoms with van der Waals surface area (Å²) in [5.74, 6) is 0.178. The van der Waals surface area contributed by atoms with Crippen molar-refractivity contribution in [3.63, 3.8) is 0 Å². The van der Waals surface area contributed by atoms with Crippen LogP contribution in [0.3, 0.4) is 0 Å². The molecule has 2 aromatic rings.